The van der Waals surface area contributed by atoms with Crippen molar-refractivity contribution in [1.29, 1.82) is 0 Å². The Morgan fingerprint density at radius 3 is 2.90 bits per heavy atom. The fourth-order valence-corrected chi connectivity index (χ4v) is 2.89. The first kappa shape index (κ1) is 14.3. The van der Waals surface area contributed by atoms with Gasteiger partial charge in [-0.2, -0.15) is 0 Å². The van der Waals surface area contributed by atoms with E-state index < -0.39 is 0 Å². The highest BCUT2D eigenvalue weighted by Crippen LogP contribution is 2.14. The molecule has 0 saturated heterocycles. The van der Waals surface area contributed by atoms with Crippen LogP contribution in [0, 0.1) is 0 Å². The van der Waals surface area contributed by atoms with Gasteiger partial charge in [-0.3, -0.25) is 0 Å². The maximum absolute atomic E-state index is 4.34. The highest BCUT2D eigenvalue weighted by atomic mass is 15.3. The molecule has 0 bridgehead atoms. The monoisotopic (exact) mass is 284 g/mol. The Bertz CT molecular complexity index is 561. The molecule has 2 aromatic rings. The van der Waals surface area contributed by atoms with Gasteiger partial charge in [0.1, 0.15) is 11.6 Å². The fourth-order valence-electron chi connectivity index (χ4n) is 2.89. The summed E-state index contributed by atoms with van der Waals surface area (Å²) in [6.07, 6.45) is 5.84. The zero-order chi connectivity index (χ0) is 14.5. The molecule has 1 aromatic heterocycles. The third-order valence-corrected chi connectivity index (χ3v) is 4.25. The zero-order valence-corrected chi connectivity index (χ0v) is 12.8. The standard InChI is InChI=1S/C17H24N4/c1-14(10-11-15-7-3-2-4-8-15)18-13-17-20-19-16-9-5-6-12-21(16)17/h2-4,7-8,14,18H,5-6,9-13H2,1H3/t14-/m0/s1. The van der Waals surface area contributed by atoms with E-state index in [4.69, 9.17) is 0 Å². The minimum atomic E-state index is 0.488. The number of hydrogen-bond acceptors (Lipinski definition) is 3. The molecule has 0 spiro atoms. The smallest absolute Gasteiger partial charge is 0.147 e. The van der Waals surface area contributed by atoms with Gasteiger partial charge in [0.2, 0.25) is 0 Å². The van der Waals surface area contributed by atoms with E-state index in [-0.39, 0.29) is 0 Å². The number of aromatic nitrogens is 3. The summed E-state index contributed by atoms with van der Waals surface area (Å²) >= 11 is 0. The Labute approximate surface area is 126 Å². The highest BCUT2D eigenvalue weighted by Gasteiger charge is 2.15. The Morgan fingerprint density at radius 1 is 1.19 bits per heavy atom. The summed E-state index contributed by atoms with van der Waals surface area (Å²) in [6, 6.07) is 11.2. The average Bonchev–Trinajstić information content (AvgIpc) is 2.95. The molecule has 1 aromatic carbocycles. The van der Waals surface area contributed by atoms with Gasteiger partial charge in [-0.05, 0) is 38.2 Å². The van der Waals surface area contributed by atoms with E-state index in [2.05, 4.69) is 57.3 Å². The van der Waals surface area contributed by atoms with Crippen molar-refractivity contribution in [3.8, 4) is 0 Å². The van der Waals surface area contributed by atoms with Crippen molar-refractivity contribution >= 4 is 0 Å². The number of benzene rings is 1. The Balaban J connectivity index is 1.47. The normalized spacial score (nSPS) is 15.7. The fraction of sp³-hybridized carbons (Fsp3) is 0.529. The van der Waals surface area contributed by atoms with Crippen molar-refractivity contribution in [2.75, 3.05) is 0 Å². The van der Waals surface area contributed by atoms with Gasteiger partial charge in [0, 0.05) is 19.0 Å². The molecular formula is C17H24N4. The van der Waals surface area contributed by atoms with Gasteiger partial charge < -0.3 is 9.88 Å². The summed E-state index contributed by atoms with van der Waals surface area (Å²) in [5.74, 6) is 2.26. The lowest BCUT2D eigenvalue weighted by Crippen LogP contribution is -2.28. The molecule has 0 radical (unpaired) electrons. The van der Waals surface area contributed by atoms with Gasteiger partial charge in [0.15, 0.2) is 0 Å². The Kier molecular flexibility index (Phi) is 4.65. The molecule has 1 aliphatic rings. The van der Waals surface area contributed by atoms with E-state index in [9.17, 15) is 0 Å². The second-order valence-electron chi connectivity index (χ2n) is 5.95. The van der Waals surface area contributed by atoms with Crippen LogP contribution in [-0.4, -0.2) is 20.8 Å². The van der Waals surface area contributed by atoms with Crippen molar-refractivity contribution in [2.24, 2.45) is 0 Å². The third-order valence-electron chi connectivity index (χ3n) is 4.25. The van der Waals surface area contributed by atoms with Gasteiger partial charge in [-0.15, -0.1) is 10.2 Å². The molecule has 4 nitrogen and oxygen atoms in total. The topological polar surface area (TPSA) is 42.7 Å². The van der Waals surface area contributed by atoms with Crippen molar-refractivity contribution in [3.05, 3.63) is 47.5 Å². The quantitative estimate of drug-likeness (QED) is 0.887. The molecule has 0 amide bonds. The van der Waals surface area contributed by atoms with E-state index in [0.717, 1.165) is 44.0 Å². The molecule has 2 heterocycles. The van der Waals surface area contributed by atoms with E-state index in [0.29, 0.717) is 6.04 Å². The molecule has 1 atom stereocenters. The molecule has 1 N–H and O–H groups in total. The second kappa shape index (κ2) is 6.85. The Morgan fingerprint density at radius 2 is 2.05 bits per heavy atom. The maximum atomic E-state index is 4.34. The number of hydrogen-bond donors (Lipinski definition) is 1. The van der Waals surface area contributed by atoms with Crippen LogP contribution < -0.4 is 5.32 Å². The van der Waals surface area contributed by atoms with Crippen molar-refractivity contribution in [2.45, 2.75) is 58.2 Å². The summed E-state index contributed by atoms with van der Waals surface area (Å²) in [5.41, 5.74) is 1.41. The lowest BCUT2D eigenvalue weighted by atomic mass is 10.1. The van der Waals surface area contributed by atoms with E-state index in [1.807, 2.05) is 0 Å². The summed E-state index contributed by atoms with van der Waals surface area (Å²) < 4.78 is 2.29. The summed E-state index contributed by atoms with van der Waals surface area (Å²) in [5, 5.41) is 12.2. The molecule has 0 aliphatic carbocycles. The van der Waals surface area contributed by atoms with Crippen molar-refractivity contribution < 1.29 is 0 Å². The predicted octanol–water partition coefficient (Wildman–Crippen LogP) is 2.73. The van der Waals surface area contributed by atoms with Gasteiger partial charge in [-0.25, -0.2) is 0 Å². The first-order valence-electron chi connectivity index (χ1n) is 8.01. The Hall–Kier alpha value is -1.68. The van der Waals surface area contributed by atoms with Gasteiger partial charge in [-0.1, -0.05) is 30.3 Å². The van der Waals surface area contributed by atoms with Crippen molar-refractivity contribution in [3.63, 3.8) is 0 Å². The van der Waals surface area contributed by atoms with Crippen LogP contribution in [0.25, 0.3) is 0 Å². The number of nitrogens with one attached hydrogen (secondary N) is 1. The lowest BCUT2D eigenvalue weighted by Gasteiger charge is -2.17. The molecule has 0 saturated carbocycles. The molecule has 0 fully saturated rings. The molecule has 3 rings (SSSR count). The van der Waals surface area contributed by atoms with Crippen LogP contribution in [0.2, 0.25) is 0 Å². The van der Waals surface area contributed by atoms with Crippen LogP contribution in [0.15, 0.2) is 30.3 Å². The van der Waals surface area contributed by atoms with Gasteiger partial charge in [0.05, 0.1) is 6.54 Å². The minimum absolute atomic E-state index is 0.488. The van der Waals surface area contributed by atoms with Crippen LogP contribution in [0.1, 0.15) is 43.4 Å². The molecule has 112 valence electrons. The first-order chi connectivity index (χ1) is 10.3. The van der Waals surface area contributed by atoms with E-state index in [1.54, 1.807) is 0 Å². The van der Waals surface area contributed by atoms with E-state index >= 15 is 0 Å². The maximum Gasteiger partial charge on any atom is 0.147 e. The predicted molar refractivity (Wildman–Crippen MR) is 84.0 cm³/mol. The van der Waals surface area contributed by atoms with Gasteiger partial charge in [0.25, 0.3) is 0 Å². The molecule has 21 heavy (non-hydrogen) atoms. The van der Waals surface area contributed by atoms with Crippen LogP contribution in [0.4, 0.5) is 0 Å². The average molecular weight is 284 g/mol. The minimum Gasteiger partial charge on any atom is -0.314 e. The van der Waals surface area contributed by atoms with Crippen LogP contribution in [0.3, 0.4) is 0 Å². The molecule has 0 unspecified atom stereocenters. The van der Waals surface area contributed by atoms with Gasteiger partial charge >= 0.3 is 0 Å². The van der Waals surface area contributed by atoms with Crippen molar-refractivity contribution in [1.82, 2.24) is 20.1 Å². The highest BCUT2D eigenvalue weighted by molar-refractivity contribution is 5.14. The number of nitrogens with zero attached hydrogens (tertiary/aromatic N) is 3. The summed E-state index contributed by atoms with van der Waals surface area (Å²) in [6.45, 7) is 4.15. The largest absolute Gasteiger partial charge is 0.314 e. The lowest BCUT2D eigenvalue weighted by molar-refractivity contribution is 0.467. The first-order valence-corrected chi connectivity index (χ1v) is 8.01. The molecule has 4 heteroatoms. The molecular weight excluding hydrogens is 260 g/mol. The molecule has 1 aliphatic heterocycles. The van der Waals surface area contributed by atoms with Crippen LogP contribution in [0.5, 0.6) is 0 Å². The third kappa shape index (κ3) is 3.70. The number of aryl methyl sites for hydroxylation is 2. The summed E-state index contributed by atoms with van der Waals surface area (Å²) in [4.78, 5) is 0. The van der Waals surface area contributed by atoms with Crippen LogP contribution >= 0.6 is 0 Å². The summed E-state index contributed by atoms with van der Waals surface area (Å²) in [7, 11) is 0. The number of fused-ring (bicyclic) bond motifs is 1. The SMILES string of the molecule is C[C@@H](CCc1ccccc1)NCc1nnc2n1CCCC2. The number of rotatable bonds is 6. The second-order valence-corrected chi connectivity index (χ2v) is 5.95. The van der Waals surface area contributed by atoms with Crippen LogP contribution in [-0.2, 0) is 25.9 Å². The zero-order valence-electron chi connectivity index (χ0n) is 12.8. The van der Waals surface area contributed by atoms with E-state index in [1.165, 1.54) is 18.4 Å².